The molecule has 1 atom stereocenters. The average Bonchev–Trinajstić information content (AvgIpc) is 3.00. The van der Waals surface area contributed by atoms with Crippen molar-refractivity contribution < 1.29 is 13.9 Å². The van der Waals surface area contributed by atoms with E-state index in [1.807, 2.05) is 18.2 Å². The molecule has 1 saturated heterocycles. The Kier molecular flexibility index (Phi) is 5.34. The summed E-state index contributed by atoms with van der Waals surface area (Å²) in [5, 5.41) is 3.24. The van der Waals surface area contributed by atoms with Crippen molar-refractivity contribution >= 4 is 11.7 Å². The SMILES string of the molecule is CCOC(=O)C1(Nc2cccc(F)c2)CCN(Cc2ccccc2)C1. The van der Waals surface area contributed by atoms with Gasteiger partial charge in [0.2, 0.25) is 0 Å². The number of carbonyl (C=O) groups excluding carboxylic acids is 1. The summed E-state index contributed by atoms with van der Waals surface area (Å²) in [5.41, 5.74) is 0.945. The molecule has 2 aromatic rings. The van der Waals surface area contributed by atoms with E-state index < -0.39 is 5.54 Å². The Balaban J connectivity index is 1.77. The monoisotopic (exact) mass is 342 g/mol. The van der Waals surface area contributed by atoms with Crippen molar-refractivity contribution in [3.05, 3.63) is 66.0 Å². The Morgan fingerprint density at radius 2 is 2.04 bits per heavy atom. The second-order valence-electron chi connectivity index (χ2n) is 6.38. The lowest BCUT2D eigenvalue weighted by Crippen LogP contribution is -2.49. The maximum Gasteiger partial charge on any atom is 0.333 e. The van der Waals surface area contributed by atoms with Crippen LogP contribution >= 0.6 is 0 Å². The van der Waals surface area contributed by atoms with Crippen molar-refractivity contribution in [2.24, 2.45) is 0 Å². The summed E-state index contributed by atoms with van der Waals surface area (Å²) in [4.78, 5) is 14.9. The van der Waals surface area contributed by atoms with Crippen molar-refractivity contribution in [2.75, 3.05) is 25.0 Å². The first-order valence-electron chi connectivity index (χ1n) is 8.58. The third kappa shape index (κ3) is 4.17. The molecule has 0 aliphatic carbocycles. The van der Waals surface area contributed by atoms with Crippen molar-refractivity contribution in [3.63, 3.8) is 0 Å². The van der Waals surface area contributed by atoms with Crippen molar-refractivity contribution in [1.82, 2.24) is 4.90 Å². The van der Waals surface area contributed by atoms with Gasteiger partial charge in [0, 0.05) is 25.3 Å². The van der Waals surface area contributed by atoms with Crippen LogP contribution in [0.2, 0.25) is 0 Å². The lowest BCUT2D eigenvalue weighted by Gasteiger charge is -2.29. The van der Waals surface area contributed by atoms with Gasteiger partial charge >= 0.3 is 5.97 Å². The Morgan fingerprint density at radius 3 is 2.76 bits per heavy atom. The van der Waals surface area contributed by atoms with Crippen LogP contribution in [-0.4, -0.2) is 36.1 Å². The standard InChI is InChI=1S/C20H23FN2O2/c1-2-25-19(24)20(22-18-10-6-9-17(21)13-18)11-12-23(15-20)14-16-7-4-3-5-8-16/h3-10,13,22H,2,11-12,14-15H2,1H3. The van der Waals surface area contributed by atoms with Crippen molar-refractivity contribution in [1.29, 1.82) is 0 Å². The Morgan fingerprint density at radius 1 is 1.24 bits per heavy atom. The van der Waals surface area contributed by atoms with Crippen LogP contribution in [0.5, 0.6) is 0 Å². The molecule has 1 aliphatic rings. The number of rotatable bonds is 6. The maximum absolute atomic E-state index is 13.5. The second-order valence-corrected chi connectivity index (χ2v) is 6.38. The Bertz CT molecular complexity index is 723. The van der Waals surface area contributed by atoms with E-state index in [0.29, 0.717) is 25.3 Å². The van der Waals surface area contributed by atoms with Gasteiger partial charge in [0.25, 0.3) is 0 Å². The molecule has 5 heteroatoms. The fourth-order valence-electron chi connectivity index (χ4n) is 3.30. The topological polar surface area (TPSA) is 41.6 Å². The number of esters is 1. The lowest BCUT2D eigenvalue weighted by molar-refractivity contribution is -0.148. The molecule has 0 spiro atoms. The van der Waals surface area contributed by atoms with E-state index >= 15 is 0 Å². The van der Waals surface area contributed by atoms with Gasteiger partial charge in [-0.15, -0.1) is 0 Å². The number of nitrogens with zero attached hydrogens (tertiary/aromatic N) is 1. The molecule has 1 fully saturated rings. The molecular weight excluding hydrogens is 319 g/mol. The summed E-state index contributed by atoms with van der Waals surface area (Å²) in [6, 6.07) is 16.3. The number of anilines is 1. The van der Waals surface area contributed by atoms with Crippen LogP contribution in [0, 0.1) is 5.82 Å². The summed E-state index contributed by atoms with van der Waals surface area (Å²) < 4.78 is 18.8. The summed E-state index contributed by atoms with van der Waals surface area (Å²) in [6.07, 6.45) is 0.620. The Hall–Kier alpha value is -2.40. The molecule has 1 heterocycles. The number of hydrogen-bond donors (Lipinski definition) is 1. The summed E-state index contributed by atoms with van der Waals surface area (Å²) in [5.74, 6) is -0.613. The smallest absolute Gasteiger partial charge is 0.333 e. The highest BCUT2D eigenvalue weighted by molar-refractivity contribution is 5.85. The number of carbonyl (C=O) groups is 1. The molecule has 0 radical (unpaired) electrons. The number of likely N-dealkylation sites (tertiary alicyclic amines) is 1. The lowest BCUT2D eigenvalue weighted by atomic mass is 9.98. The molecule has 25 heavy (non-hydrogen) atoms. The predicted molar refractivity (Wildman–Crippen MR) is 95.7 cm³/mol. The summed E-state index contributed by atoms with van der Waals surface area (Å²) >= 11 is 0. The fourth-order valence-corrected chi connectivity index (χ4v) is 3.30. The minimum Gasteiger partial charge on any atom is -0.464 e. The van der Waals surface area contributed by atoms with Gasteiger partial charge in [0.05, 0.1) is 6.61 Å². The molecule has 0 saturated carbocycles. The van der Waals surface area contributed by atoms with Crippen LogP contribution in [0.4, 0.5) is 10.1 Å². The minimum absolute atomic E-state index is 0.283. The summed E-state index contributed by atoms with van der Waals surface area (Å²) in [7, 11) is 0. The first kappa shape index (κ1) is 17.4. The molecule has 1 unspecified atom stereocenters. The number of ether oxygens (including phenoxy) is 1. The number of nitrogens with one attached hydrogen (secondary N) is 1. The molecule has 2 aromatic carbocycles. The second kappa shape index (κ2) is 7.66. The van der Waals surface area contributed by atoms with Gasteiger partial charge < -0.3 is 10.1 Å². The van der Waals surface area contributed by atoms with E-state index in [2.05, 4.69) is 22.3 Å². The molecule has 1 aliphatic heterocycles. The van der Waals surface area contributed by atoms with E-state index in [0.717, 1.165) is 13.1 Å². The fraction of sp³-hybridized carbons (Fsp3) is 0.350. The molecule has 1 N–H and O–H groups in total. The van der Waals surface area contributed by atoms with E-state index in [9.17, 15) is 9.18 Å². The van der Waals surface area contributed by atoms with Crippen LogP contribution in [-0.2, 0) is 16.1 Å². The van der Waals surface area contributed by atoms with Gasteiger partial charge in [-0.3, -0.25) is 4.90 Å². The molecule has 4 nitrogen and oxygen atoms in total. The first-order valence-corrected chi connectivity index (χ1v) is 8.58. The van der Waals surface area contributed by atoms with E-state index in [-0.39, 0.29) is 11.8 Å². The molecule has 3 rings (SSSR count). The van der Waals surface area contributed by atoms with Crippen molar-refractivity contribution in [2.45, 2.75) is 25.4 Å². The molecule has 0 aromatic heterocycles. The van der Waals surface area contributed by atoms with Crippen LogP contribution in [0.15, 0.2) is 54.6 Å². The van der Waals surface area contributed by atoms with E-state index in [4.69, 9.17) is 4.74 Å². The van der Waals surface area contributed by atoms with Gasteiger partial charge in [-0.1, -0.05) is 36.4 Å². The minimum atomic E-state index is -0.849. The zero-order valence-corrected chi connectivity index (χ0v) is 14.4. The van der Waals surface area contributed by atoms with Gasteiger partial charge in [-0.05, 0) is 37.1 Å². The number of benzene rings is 2. The van der Waals surface area contributed by atoms with Crippen molar-refractivity contribution in [3.8, 4) is 0 Å². The highest BCUT2D eigenvalue weighted by atomic mass is 19.1. The zero-order chi connectivity index (χ0) is 17.7. The van der Waals surface area contributed by atoms with Gasteiger partial charge in [-0.25, -0.2) is 9.18 Å². The predicted octanol–water partition coefficient (Wildman–Crippen LogP) is 3.45. The van der Waals surface area contributed by atoms with Crippen LogP contribution in [0.25, 0.3) is 0 Å². The molecule has 0 bridgehead atoms. The summed E-state index contributed by atoms with van der Waals surface area (Å²) in [6.45, 7) is 4.19. The Labute approximate surface area is 147 Å². The normalized spacial score (nSPS) is 20.4. The average molecular weight is 342 g/mol. The van der Waals surface area contributed by atoms with Gasteiger partial charge in [-0.2, -0.15) is 0 Å². The van der Waals surface area contributed by atoms with Gasteiger partial charge in [0.15, 0.2) is 0 Å². The van der Waals surface area contributed by atoms with E-state index in [1.54, 1.807) is 19.1 Å². The third-order valence-corrected chi connectivity index (χ3v) is 4.47. The molecule has 132 valence electrons. The zero-order valence-electron chi connectivity index (χ0n) is 14.4. The number of halogens is 1. The first-order chi connectivity index (χ1) is 12.1. The largest absolute Gasteiger partial charge is 0.464 e. The van der Waals surface area contributed by atoms with Crippen LogP contribution in [0.1, 0.15) is 18.9 Å². The van der Waals surface area contributed by atoms with Gasteiger partial charge in [0.1, 0.15) is 11.4 Å². The highest BCUT2D eigenvalue weighted by Gasteiger charge is 2.46. The van der Waals surface area contributed by atoms with Crippen LogP contribution in [0.3, 0.4) is 0 Å². The number of hydrogen-bond acceptors (Lipinski definition) is 4. The van der Waals surface area contributed by atoms with E-state index in [1.165, 1.54) is 17.7 Å². The highest BCUT2D eigenvalue weighted by Crippen LogP contribution is 2.29. The molecule has 0 amide bonds. The third-order valence-electron chi connectivity index (χ3n) is 4.47. The van der Waals surface area contributed by atoms with Crippen LogP contribution < -0.4 is 5.32 Å². The quantitative estimate of drug-likeness (QED) is 0.817. The maximum atomic E-state index is 13.5. The molecular formula is C20H23FN2O2.